The van der Waals surface area contributed by atoms with Crippen LogP contribution < -0.4 is 15.4 Å². The van der Waals surface area contributed by atoms with Gasteiger partial charge in [0.25, 0.3) is 5.91 Å². The molecule has 0 saturated heterocycles. The van der Waals surface area contributed by atoms with E-state index in [2.05, 4.69) is 15.4 Å². The number of rotatable bonds is 9. The number of anilines is 1. The van der Waals surface area contributed by atoms with E-state index in [0.717, 1.165) is 5.56 Å². The first kappa shape index (κ1) is 24.4. The van der Waals surface area contributed by atoms with E-state index in [-0.39, 0.29) is 23.3 Å². The standard InChI is InChI=1S/C24H24ClN3O4S/c1-17(29)28-22-10-12-23(13-11-22)33(31,32)27-16-19-2-6-20(7-3-19)24(30)26-15-14-18-4-8-21(25)9-5-18/h2-13,27H,14-16H2,1H3,(H,26,30)(H,28,29). The van der Waals surface area contributed by atoms with Crippen LogP contribution in [0.2, 0.25) is 5.02 Å². The number of hydrogen-bond acceptors (Lipinski definition) is 4. The Hall–Kier alpha value is -3.20. The quantitative estimate of drug-likeness (QED) is 0.429. The van der Waals surface area contributed by atoms with Gasteiger partial charge < -0.3 is 10.6 Å². The Morgan fingerprint density at radius 3 is 2.06 bits per heavy atom. The van der Waals surface area contributed by atoms with E-state index in [9.17, 15) is 18.0 Å². The van der Waals surface area contributed by atoms with Gasteiger partial charge in [-0.1, -0.05) is 35.9 Å². The molecular weight excluding hydrogens is 462 g/mol. The molecule has 9 heteroatoms. The number of carbonyl (C=O) groups is 2. The lowest BCUT2D eigenvalue weighted by Gasteiger charge is -2.09. The third-order valence-corrected chi connectivity index (χ3v) is 6.45. The van der Waals surface area contributed by atoms with Crippen LogP contribution in [0.1, 0.15) is 28.4 Å². The molecule has 0 saturated carbocycles. The van der Waals surface area contributed by atoms with Crippen LogP contribution in [0.4, 0.5) is 5.69 Å². The fourth-order valence-electron chi connectivity index (χ4n) is 3.03. The Morgan fingerprint density at radius 2 is 1.45 bits per heavy atom. The molecule has 0 aliphatic rings. The minimum absolute atomic E-state index is 0.0776. The molecule has 0 fully saturated rings. The molecule has 172 valence electrons. The van der Waals surface area contributed by atoms with E-state index in [1.54, 1.807) is 24.3 Å². The summed E-state index contributed by atoms with van der Waals surface area (Å²) >= 11 is 5.87. The summed E-state index contributed by atoms with van der Waals surface area (Å²) in [5.74, 6) is -0.433. The first-order valence-electron chi connectivity index (χ1n) is 10.2. The minimum atomic E-state index is -3.72. The summed E-state index contributed by atoms with van der Waals surface area (Å²) in [6.07, 6.45) is 0.689. The predicted octanol–water partition coefficient (Wildman–Crippen LogP) is 3.75. The summed E-state index contributed by atoms with van der Waals surface area (Å²) in [6.45, 7) is 1.94. The molecule has 0 radical (unpaired) electrons. The zero-order valence-corrected chi connectivity index (χ0v) is 19.5. The van der Waals surface area contributed by atoms with Crippen molar-refractivity contribution >= 4 is 39.1 Å². The van der Waals surface area contributed by atoms with Crippen molar-refractivity contribution in [3.05, 3.63) is 94.5 Å². The SMILES string of the molecule is CC(=O)Nc1ccc(S(=O)(=O)NCc2ccc(C(=O)NCCc3ccc(Cl)cc3)cc2)cc1. The average molecular weight is 486 g/mol. The van der Waals surface area contributed by atoms with Gasteiger partial charge in [-0.2, -0.15) is 0 Å². The highest BCUT2D eigenvalue weighted by Crippen LogP contribution is 2.15. The number of sulfonamides is 1. The van der Waals surface area contributed by atoms with Gasteiger partial charge in [0.15, 0.2) is 0 Å². The van der Waals surface area contributed by atoms with Gasteiger partial charge in [0, 0.05) is 36.3 Å². The van der Waals surface area contributed by atoms with E-state index in [4.69, 9.17) is 11.6 Å². The zero-order valence-electron chi connectivity index (χ0n) is 18.0. The molecule has 3 aromatic rings. The van der Waals surface area contributed by atoms with Gasteiger partial charge in [-0.15, -0.1) is 0 Å². The summed E-state index contributed by atoms with van der Waals surface area (Å²) in [5.41, 5.74) is 2.80. The molecule has 0 heterocycles. The maximum Gasteiger partial charge on any atom is 0.251 e. The molecule has 7 nitrogen and oxygen atoms in total. The number of carbonyl (C=O) groups excluding carboxylic acids is 2. The van der Waals surface area contributed by atoms with Gasteiger partial charge in [-0.05, 0) is 66.1 Å². The Morgan fingerprint density at radius 1 is 0.848 bits per heavy atom. The molecule has 0 aliphatic carbocycles. The van der Waals surface area contributed by atoms with Crippen LogP contribution in [0, 0.1) is 0 Å². The normalized spacial score (nSPS) is 11.1. The van der Waals surface area contributed by atoms with Gasteiger partial charge in [0.05, 0.1) is 4.90 Å². The van der Waals surface area contributed by atoms with Gasteiger partial charge in [0.1, 0.15) is 0 Å². The molecule has 0 bridgehead atoms. The monoisotopic (exact) mass is 485 g/mol. The second kappa shape index (κ2) is 11.1. The molecule has 2 amide bonds. The van der Waals surface area contributed by atoms with Crippen LogP contribution in [0.25, 0.3) is 0 Å². The number of hydrogen-bond donors (Lipinski definition) is 3. The highest BCUT2D eigenvalue weighted by Gasteiger charge is 2.14. The number of amides is 2. The molecule has 33 heavy (non-hydrogen) atoms. The minimum Gasteiger partial charge on any atom is -0.352 e. The highest BCUT2D eigenvalue weighted by molar-refractivity contribution is 7.89. The van der Waals surface area contributed by atoms with Crippen molar-refractivity contribution in [2.45, 2.75) is 24.8 Å². The molecule has 0 unspecified atom stereocenters. The molecular formula is C24H24ClN3O4S. The molecule has 3 N–H and O–H groups in total. The molecule has 0 aliphatic heterocycles. The van der Waals surface area contributed by atoms with E-state index >= 15 is 0 Å². The lowest BCUT2D eigenvalue weighted by atomic mass is 10.1. The Labute approximate surface area is 198 Å². The average Bonchev–Trinajstić information content (AvgIpc) is 2.79. The maximum absolute atomic E-state index is 12.5. The summed E-state index contributed by atoms with van der Waals surface area (Å²) in [7, 11) is -3.72. The second-order valence-electron chi connectivity index (χ2n) is 7.36. The number of benzene rings is 3. The third kappa shape index (κ3) is 7.42. The van der Waals surface area contributed by atoms with E-state index in [0.29, 0.717) is 34.8 Å². The largest absolute Gasteiger partial charge is 0.352 e. The van der Waals surface area contributed by atoms with Crippen molar-refractivity contribution < 1.29 is 18.0 Å². The zero-order chi connectivity index (χ0) is 23.8. The Bertz CT molecular complexity index is 1210. The molecule has 3 rings (SSSR count). The molecule has 0 atom stereocenters. The number of nitrogens with one attached hydrogen (secondary N) is 3. The topological polar surface area (TPSA) is 104 Å². The van der Waals surface area contributed by atoms with Crippen molar-refractivity contribution in [1.29, 1.82) is 0 Å². The predicted molar refractivity (Wildman–Crippen MR) is 129 cm³/mol. The fraction of sp³-hybridized carbons (Fsp3) is 0.167. The van der Waals surface area contributed by atoms with Crippen LogP contribution >= 0.6 is 11.6 Å². The van der Waals surface area contributed by atoms with Gasteiger partial charge in [-0.3, -0.25) is 9.59 Å². The smallest absolute Gasteiger partial charge is 0.251 e. The van der Waals surface area contributed by atoms with Crippen LogP contribution in [0.15, 0.2) is 77.7 Å². The maximum atomic E-state index is 12.5. The molecule has 3 aromatic carbocycles. The van der Waals surface area contributed by atoms with Crippen LogP contribution in [-0.2, 0) is 27.8 Å². The Kier molecular flexibility index (Phi) is 8.21. The van der Waals surface area contributed by atoms with Gasteiger partial charge in [-0.25, -0.2) is 13.1 Å². The van der Waals surface area contributed by atoms with Crippen LogP contribution in [-0.4, -0.2) is 26.8 Å². The lowest BCUT2D eigenvalue weighted by Crippen LogP contribution is -2.26. The number of halogens is 1. The summed E-state index contributed by atoms with van der Waals surface area (Å²) in [6, 6.07) is 20.1. The third-order valence-electron chi connectivity index (χ3n) is 4.78. The molecule has 0 aromatic heterocycles. The van der Waals surface area contributed by atoms with Gasteiger partial charge >= 0.3 is 0 Å². The Balaban J connectivity index is 1.50. The first-order chi connectivity index (χ1) is 15.7. The fourth-order valence-corrected chi connectivity index (χ4v) is 4.17. The van der Waals surface area contributed by atoms with Crippen molar-refractivity contribution in [3.8, 4) is 0 Å². The van der Waals surface area contributed by atoms with Gasteiger partial charge in [0.2, 0.25) is 15.9 Å². The first-order valence-corrected chi connectivity index (χ1v) is 12.1. The lowest BCUT2D eigenvalue weighted by molar-refractivity contribution is -0.114. The van der Waals surface area contributed by atoms with Crippen LogP contribution in [0.3, 0.4) is 0 Å². The van der Waals surface area contributed by atoms with E-state index in [1.807, 2.05) is 24.3 Å². The van der Waals surface area contributed by atoms with Crippen molar-refractivity contribution in [2.24, 2.45) is 0 Å². The van der Waals surface area contributed by atoms with Crippen molar-refractivity contribution in [2.75, 3.05) is 11.9 Å². The van der Waals surface area contributed by atoms with Crippen molar-refractivity contribution in [1.82, 2.24) is 10.0 Å². The summed E-state index contributed by atoms with van der Waals surface area (Å²) in [5, 5.41) is 6.12. The summed E-state index contributed by atoms with van der Waals surface area (Å²) in [4.78, 5) is 23.5. The summed E-state index contributed by atoms with van der Waals surface area (Å²) < 4.78 is 27.5. The second-order valence-corrected chi connectivity index (χ2v) is 9.56. The molecule has 0 spiro atoms. The van der Waals surface area contributed by atoms with Crippen molar-refractivity contribution in [3.63, 3.8) is 0 Å². The highest BCUT2D eigenvalue weighted by atomic mass is 35.5. The van der Waals surface area contributed by atoms with E-state index in [1.165, 1.54) is 31.2 Å². The van der Waals surface area contributed by atoms with Crippen LogP contribution in [0.5, 0.6) is 0 Å². The van der Waals surface area contributed by atoms with E-state index < -0.39 is 10.0 Å².